The third-order valence-corrected chi connectivity index (χ3v) is 7.12. The lowest BCUT2D eigenvalue weighted by Gasteiger charge is -2.64. The number of nitrogens with one attached hydrogen (secondary N) is 1. The third-order valence-electron chi connectivity index (χ3n) is 7.12. The molecular formula is C20H33N. The Labute approximate surface area is 131 Å². The summed E-state index contributed by atoms with van der Waals surface area (Å²) in [5, 5.41) is 3.96. The Morgan fingerprint density at radius 1 is 1.19 bits per heavy atom. The van der Waals surface area contributed by atoms with Gasteiger partial charge in [0.05, 0.1) is 0 Å². The zero-order valence-electron chi connectivity index (χ0n) is 14.1. The highest BCUT2D eigenvalue weighted by atomic mass is 14.9. The van der Waals surface area contributed by atoms with Gasteiger partial charge in [-0.05, 0) is 93.4 Å². The average Bonchev–Trinajstić information content (AvgIpc) is 2.43. The maximum Gasteiger partial charge on any atom is 0.0336 e. The minimum absolute atomic E-state index is 0.609. The number of hydrogen-bond donors (Lipinski definition) is 1. The molecule has 4 saturated carbocycles. The summed E-state index contributed by atoms with van der Waals surface area (Å²) < 4.78 is 0. The van der Waals surface area contributed by atoms with Crippen molar-refractivity contribution in [2.45, 2.75) is 84.1 Å². The van der Waals surface area contributed by atoms with Gasteiger partial charge in [-0.1, -0.05) is 25.5 Å². The van der Waals surface area contributed by atoms with Gasteiger partial charge in [-0.25, -0.2) is 0 Å². The van der Waals surface area contributed by atoms with Crippen LogP contribution >= 0.6 is 0 Å². The van der Waals surface area contributed by atoms with Crippen LogP contribution in [0.15, 0.2) is 11.6 Å². The third kappa shape index (κ3) is 2.40. The van der Waals surface area contributed by atoms with E-state index in [0.717, 1.165) is 18.4 Å². The van der Waals surface area contributed by atoms with Crippen molar-refractivity contribution in [2.75, 3.05) is 6.54 Å². The van der Waals surface area contributed by atoms with Crippen LogP contribution in [0.3, 0.4) is 0 Å². The topological polar surface area (TPSA) is 12.0 Å². The highest BCUT2D eigenvalue weighted by Gasteiger charge is 2.58. The summed E-state index contributed by atoms with van der Waals surface area (Å²) in [5.74, 6) is 2.09. The van der Waals surface area contributed by atoms with E-state index in [1.54, 1.807) is 12.0 Å². The quantitative estimate of drug-likeness (QED) is 0.712. The van der Waals surface area contributed by atoms with Crippen LogP contribution in [0.2, 0.25) is 0 Å². The molecule has 1 N–H and O–H groups in total. The van der Waals surface area contributed by atoms with E-state index in [9.17, 15) is 0 Å². The molecule has 0 heterocycles. The lowest BCUT2D eigenvalue weighted by molar-refractivity contribution is -0.113. The minimum atomic E-state index is 0.609. The maximum absolute atomic E-state index is 3.96. The van der Waals surface area contributed by atoms with Crippen LogP contribution < -0.4 is 5.32 Å². The highest BCUT2D eigenvalue weighted by molar-refractivity contribution is 5.22. The molecule has 0 aromatic heterocycles. The molecule has 3 atom stereocenters. The van der Waals surface area contributed by atoms with Gasteiger partial charge in [0.1, 0.15) is 0 Å². The summed E-state index contributed by atoms with van der Waals surface area (Å²) >= 11 is 0. The van der Waals surface area contributed by atoms with Crippen molar-refractivity contribution in [3.05, 3.63) is 11.6 Å². The summed E-state index contributed by atoms with van der Waals surface area (Å²) in [6.07, 6.45) is 17.3. The van der Waals surface area contributed by atoms with Crippen molar-refractivity contribution in [3.8, 4) is 0 Å². The molecule has 0 amide bonds. The molecule has 4 bridgehead atoms. The zero-order valence-corrected chi connectivity index (χ0v) is 14.1. The predicted octanol–water partition coefficient (Wildman–Crippen LogP) is 5.07. The number of hydrogen-bond acceptors (Lipinski definition) is 1. The van der Waals surface area contributed by atoms with Gasteiger partial charge in [-0.15, -0.1) is 0 Å². The Kier molecular flexibility index (Phi) is 3.48. The molecule has 0 radical (unpaired) electrons. The van der Waals surface area contributed by atoms with E-state index in [2.05, 4.69) is 25.2 Å². The smallest absolute Gasteiger partial charge is 0.0336 e. The van der Waals surface area contributed by atoms with Crippen LogP contribution in [-0.2, 0) is 0 Å². The molecule has 5 aliphatic carbocycles. The Balaban J connectivity index is 1.66. The first-order valence-electron chi connectivity index (χ1n) is 9.55. The molecule has 0 spiro atoms. The normalized spacial score (nSPS) is 46.5. The van der Waals surface area contributed by atoms with Crippen LogP contribution in [-0.4, -0.2) is 12.6 Å². The first kappa shape index (κ1) is 14.3. The minimum Gasteiger partial charge on any atom is -0.310 e. The van der Waals surface area contributed by atoms with Crippen LogP contribution in [0.25, 0.3) is 0 Å². The van der Waals surface area contributed by atoms with E-state index in [1.807, 2.05) is 0 Å². The largest absolute Gasteiger partial charge is 0.310 e. The number of rotatable bonds is 4. The van der Waals surface area contributed by atoms with Gasteiger partial charge in [0.15, 0.2) is 0 Å². The summed E-state index contributed by atoms with van der Waals surface area (Å²) in [4.78, 5) is 0. The maximum atomic E-state index is 3.96. The van der Waals surface area contributed by atoms with E-state index in [0.29, 0.717) is 16.9 Å². The van der Waals surface area contributed by atoms with Crippen molar-refractivity contribution in [3.63, 3.8) is 0 Å². The molecule has 0 aromatic rings. The molecular weight excluding hydrogens is 254 g/mol. The fraction of sp³-hybridized carbons (Fsp3) is 0.900. The Morgan fingerprint density at radius 2 is 1.95 bits per heavy atom. The summed E-state index contributed by atoms with van der Waals surface area (Å²) in [5.41, 5.74) is 3.07. The molecule has 4 fully saturated rings. The van der Waals surface area contributed by atoms with Crippen molar-refractivity contribution < 1.29 is 0 Å². The lowest BCUT2D eigenvalue weighted by Crippen LogP contribution is -2.59. The number of allylic oxidation sites excluding steroid dienone is 1. The Bertz CT molecular complexity index is 421. The molecule has 1 heteroatoms. The molecule has 0 saturated heterocycles. The second-order valence-corrected chi connectivity index (χ2v) is 9.15. The fourth-order valence-corrected chi connectivity index (χ4v) is 7.21. The summed E-state index contributed by atoms with van der Waals surface area (Å²) in [6, 6.07) is 0.702. The first-order chi connectivity index (χ1) is 10.1. The molecule has 21 heavy (non-hydrogen) atoms. The van der Waals surface area contributed by atoms with Gasteiger partial charge < -0.3 is 5.32 Å². The van der Waals surface area contributed by atoms with Crippen molar-refractivity contribution in [1.29, 1.82) is 0 Å². The molecule has 118 valence electrons. The van der Waals surface area contributed by atoms with E-state index >= 15 is 0 Å². The van der Waals surface area contributed by atoms with Gasteiger partial charge in [0.25, 0.3) is 0 Å². The van der Waals surface area contributed by atoms with E-state index in [4.69, 9.17) is 0 Å². The van der Waals surface area contributed by atoms with Crippen molar-refractivity contribution in [1.82, 2.24) is 5.32 Å². The van der Waals surface area contributed by atoms with Crippen LogP contribution in [0, 0.1) is 22.7 Å². The van der Waals surface area contributed by atoms with E-state index in [-0.39, 0.29) is 0 Å². The van der Waals surface area contributed by atoms with Crippen molar-refractivity contribution in [2.24, 2.45) is 22.7 Å². The standard InChI is InChI=1S/C20H33N/c1-3-21-18(17-7-5-4-6-8-17)20-12-15-9-16(13-20)11-19(2,10-15)14-20/h7,15-16,18,21H,3-6,8-14H2,1-2H3. The first-order valence-corrected chi connectivity index (χ1v) is 9.55. The fourth-order valence-electron chi connectivity index (χ4n) is 7.21. The van der Waals surface area contributed by atoms with E-state index < -0.39 is 0 Å². The van der Waals surface area contributed by atoms with Crippen LogP contribution in [0.5, 0.6) is 0 Å². The van der Waals surface area contributed by atoms with Crippen LogP contribution in [0.1, 0.15) is 78.1 Å². The second-order valence-electron chi connectivity index (χ2n) is 9.15. The molecule has 5 aliphatic rings. The lowest BCUT2D eigenvalue weighted by atomic mass is 9.42. The summed E-state index contributed by atoms with van der Waals surface area (Å²) in [7, 11) is 0. The molecule has 0 aromatic carbocycles. The number of likely N-dealkylation sites (N-methyl/N-ethyl adjacent to an activating group) is 1. The average molecular weight is 287 g/mol. The van der Waals surface area contributed by atoms with Crippen LogP contribution in [0.4, 0.5) is 0 Å². The van der Waals surface area contributed by atoms with Gasteiger partial charge in [-0.2, -0.15) is 0 Å². The molecule has 1 nitrogen and oxygen atoms in total. The summed E-state index contributed by atoms with van der Waals surface area (Å²) in [6.45, 7) is 6.05. The van der Waals surface area contributed by atoms with Gasteiger partial charge in [-0.3, -0.25) is 0 Å². The van der Waals surface area contributed by atoms with Gasteiger partial charge in [0, 0.05) is 6.04 Å². The van der Waals surface area contributed by atoms with Gasteiger partial charge >= 0.3 is 0 Å². The van der Waals surface area contributed by atoms with Crippen molar-refractivity contribution >= 4 is 0 Å². The highest BCUT2D eigenvalue weighted by Crippen LogP contribution is 2.66. The van der Waals surface area contributed by atoms with E-state index in [1.165, 1.54) is 57.8 Å². The Morgan fingerprint density at radius 3 is 2.52 bits per heavy atom. The predicted molar refractivity (Wildman–Crippen MR) is 89.2 cm³/mol. The zero-order chi connectivity index (χ0) is 14.5. The monoisotopic (exact) mass is 287 g/mol. The second kappa shape index (κ2) is 5.11. The molecule has 5 rings (SSSR count). The van der Waals surface area contributed by atoms with Gasteiger partial charge in [0.2, 0.25) is 0 Å². The SMILES string of the molecule is CCNC(C1=CCCCC1)C12CC3CC(CC(C)(C3)C1)C2. The molecule has 3 unspecified atom stereocenters. The Hall–Kier alpha value is -0.300. The molecule has 0 aliphatic heterocycles.